The number of nitrogens with one attached hydrogen (secondary N) is 1. The van der Waals surface area contributed by atoms with Gasteiger partial charge in [0.25, 0.3) is 0 Å². The van der Waals surface area contributed by atoms with Crippen LogP contribution in [0, 0.1) is 5.82 Å². The molecule has 13 heteroatoms. The van der Waals surface area contributed by atoms with Gasteiger partial charge in [-0.25, -0.2) is 27.8 Å². The van der Waals surface area contributed by atoms with Gasteiger partial charge in [-0.1, -0.05) is 11.6 Å². The quantitative estimate of drug-likeness (QED) is 0.504. The van der Waals surface area contributed by atoms with E-state index in [2.05, 4.69) is 20.3 Å². The summed E-state index contributed by atoms with van der Waals surface area (Å²) >= 11 is 6.40. The average Bonchev–Trinajstić information content (AvgIpc) is 3.16. The Morgan fingerprint density at radius 2 is 2.00 bits per heavy atom. The minimum absolute atomic E-state index is 0.0216. The Hall–Kier alpha value is -2.54. The molecule has 0 aliphatic carbocycles. The summed E-state index contributed by atoms with van der Waals surface area (Å²) in [5.41, 5.74) is 1.67. The largest absolute Gasteiger partial charge is 0.390 e. The molecular weight excluding hydrogens is 497 g/mol. The van der Waals surface area contributed by atoms with Crippen LogP contribution in [-0.4, -0.2) is 82.9 Å². The molecule has 1 aromatic carbocycles. The first-order valence-electron chi connectivity index (χ1n) is 11.2. The summed E-state index contributed by atoms with van der Waals surface area (Å²) in [6.45, 7) is 4.24. The van der Waals surface area contributed by atoms with E-state index in [0.29, 0.717) is 29.1 Å². The highest BCUT2D eigenvalue weighted by atomic mass is 35.5. The number of nitrogens with zero attached hydrogens (tertiary/aromatic N) is 6. The lowest BCUT2D eigenvalue weighted by molar-refractivity contribution is 0.0950. The number of fused-ring (bicyclic) bond motifs is 1. The van der Waals surface area contributed by atoms with E-state index in [1.165, 1.54) is 16.6 Å². The normalized spacial score (nSPS) is 19.5. The van der Waals surface area contributed by atoms with Crippen molar-refractivity contribution >= 4 is 44.6 Å². The van der Waals surface area contributed by atoms with Crippen LogP contribution in [0.15, 0.2) is 18.3 Å². The van der Waals surface area contributed by atoms with Crippen LogP contribution in [-0.2, 0) is 10.0 Å². The molecule has 1 aliphatic rings. The molecule has 35 heavy (non-hydrogen) atoms. The van der Waals surface area contributed by atoms with Gasteiger partial charge in [-0.05, 0) is 32.4 Å². The summed E-state index contributed by atoms with van der Waals surface area (Å²) in [6.07, 6.45) is 1.96. The molecule has 4 rings (SSSR count). The first kappa shape index (κ1) is 25.5. The standard InChI is InChI=1S/C22H29ClFN7O3S/c1-12(2)31-17-9-13(8-15(24)20(17)28-22(31)29(3)4)19-14(23)10-25-21(27-19)26-16-6-7-30(11-18(16)32)35(5,33)34/h8-10,12,16,18,32H,6-7,11H2,1-5H3,(H,25,26,27)/t16-,18-/m1/s1. The number of hydrogen-bond donors (Lipinski definition) is 2. The molecule has 0 radical (unpaired) electrons. The second-order valence-electron chi connectivity index (χ2n) is 9.21. The second kappa shape index (κ2) is 9.49. The molecule has 1 saturated heterocycles. The highest BCUT2D eigenvalue weighted by molar-refractivity contribution is 7.88. The monoisotopic (exact) mass is 525 g/mol. The number of sulfonamides is 1. The summed E-state index contributed by atoms with van der Waals surface area (Å²) < 4.78 is 41.9. The van der Waals surface area contributed by atoms with Crippen molar-refractivity contribution in [3.63, 3.8) is 0 Å². The number of benzene rings is 1. The number of aliphatic hydroxyl groups is 1. The number of hydrogen-bond acceptors (Lipinski definition) is 8. The van der Waals surface area contributed by atoms with E-state index >= 15 is 4.39 Å². The van der Waals surface area contributed by atoms with Crippen LogP contribution in [0.5, 0.6) is 0 Å². The predicted molar refractivity (Wildman–Crippen MR) is 135 cm³/mol. The maximum Gasteiger partial charge on any atom is 0.223 e. The SMILES string of the molecule is CC(C)n1c(N(C)C)nc2c(F)cc(-c3nc(N[C@@H]4CCN(S(C)(=O)=O)C[C@H]4O)ncc3Cl)cc21. The van der Waals surface area contributed by atoms with Gasteiger partial charge in [0.05, 0.1) is 40.8 Å². The van der Waals surface area contributed by atoms with Crippen LogP contribution in [0.4, 0.5) is 16.3 Å². The molecule has 2 N–H and O–H groups in total. The minimum Gasteiger partial charge on any atom is -0.390 e. The highest BCUT2D eigenvalue weighted by Crippen LogP contribution is 2.34. The zero-order valence-corrected chi connectivity index (χ0v) is 21.8. The molecule has 0 unspecified atom stereocenters. The topological polar surface area (TPSA) is 116 Å². The molecule has 0 spiro atoms. The van der Waals surface area contributed by atoms with E-state index in [0.717, 1.165) is 6.26 Å². The van der Waals surface area contributed by atoms with E-state index in [9.17, 15) is 13.5 Å². The van der Waals surface area contributed by atoms with E-state index in [4.69, 9.17) is 11.6 Å². The number of β-amino-alcohol motifs (C(OH)–C–C–N with tert-alkyl or cyclic N) is 1. The third-order valence-electron chi connectivity index (χ3n) is 5.99. The van der Waals surface area contributed by atoms with Gasteiger partial charge in [0, 0.05) is 38.8 Å². The highest BCUT2D eigenvalue weighted by Gasteiger charge is 2.32. The van der Waals surface area contributed by atoms with Gasteiger partial charge in [-0.2, -0.15) is 4.31 Å². The van der Waals surface area contributed by atoms with Gasteiger partial charge in [-0.3, -0.25) is 0 Å². The van der Waals surface area contributed by atoms with Crippen LogP contribution in [0.1, 0.15) is 26.3 Å². The van der Waals surface area contributed by atoms with Crippen LogP contribution >= 0.6 is 11.6 Å². The lowest BCUT2D eigenvalue weighted by atomic mass is 10.0. The third-order valence-corrected chi connectivity index (χ3v) is 7.54. The Morgan fingerprint density at radius 3 is 2.60 bits per heavy atom. The van der Waals surface area contributed by atoms with Crippen molar-refractivity contribution in [2.45, 2.75) is 38.5 Å². The molecule has 3 heterocycles. The molecule has 2 aromatic heterocycles. The first-order valence-corrected chi connectivity index (χ1v) is 13.4. The van der Waals surface area contributed by atoms with Gasteiger partial charge >= 0.3 is 0 Å². The Bertz CT molecular complexity index is 1360. The molecule has 1 fully saturated rings. The van der Waals surface area contributed by atoms with Crippen LogP contribution in [0.2, 0.25) is 5.02 Å². The fourth-order valence-corrected chi connectivity index (χ4v) is 5.34. The zero-order valence-electron chi connectivity index (χ0n) is 20.2. The smallest absolute Gasteiger partial charge is 0.223 e. The Morgan fingerprint density at radius 1 is 1.29 bits per heavy atom. The van der Waals surface area contributed by atoms with Gasteiger partial charge in [0.1, 0.15) is 5.52 Å². The van der Waals surface area contributed by atoms with Crippen molar-refractivity contribution in [2.75, 3.05) is 43.7 Å². The lowest BCUT2D eigenvalue weighted by Gasteiger charge is -2.34. The van der Waals surface area contributed by atoms with Crippen molar-refractivity contribution in [1.29, 1.82) is 0 Å². The molecule has 1 aliphatic heterocycles. The van der Waals surface area contributed by atoms with Crippen molar-refractivity contribution in [2.24, 2.45) is 0 Å². The summed E-state index contributed by atoms with van der Waals surface area (Å²) in [5, 5.41) is 13.8. The van der Waals surface area contributed by atoms with E-state index in [-0.39, 0.29) is 35.6 Å². The molecule has 0 amide bonds. The fraction of sp³-hybridized carbons (Fsp3) is 0.500. The Balaban J connectivity index is 1.69. The number of imidazole rings is 1. The molecule has 2 atom stereocenters. The molecular formula is C22H29ClFN7O3S. The van der Waals surface area contributed by atoms with Crippen molar-refractivity contribution in [3.05, 3.63) is 29.2 Å². The third kappa shape index (κ3) is 5.06. The van der Waals surface area contributed by atoms with Crippen molar-refractivity contribution < 1.29 is 17.9 Å². The molecule has 0 bridgehead atoms. The van der Waals surface area contributed by atoms with E-state index in [1.54, 1.807) is 6.07 Å². The molecule has 3 aromatic rings. The van der Waals surface area contributed by atoms with Gasteiger partial charge in [-0.15, -0.1) is 0 Å². The van der Waals surface area contributed by atoms with Crippen LogP contribution in [0.3, 0.4) is 0 Å². The average molecular weight is 526 g/mol. The van der Waals surface area contributed by atoms with E-state index < -0.39 is 28.0 Å². The van der Waals surface area contributed by atoms with Gasteiger partial charge in [0.15, 0.2) is 5.82 Å². The minimum atomic E-state index is -3.39. The van der Waals surface area contributed by atoms with Gasteiger partial charge in [0.2, 0.25) is 21.9 Å². The van der Waals surface area contributed by atoms with E-state index in [1.807, 2.05) is 37.4 Å². The summed E-state index contributed by atoms with van der Waals surface area (Å²) in [5.74, 6) is 0.345. The Labute approximate surface area is 208 Å². The first-order chi connectivity index (χ1) is 16.4. The van der Waals surface area contributed by atoms with Crippen molar-refractivity contribution in [1.82, 2.24) is 23.8 Å². The number of halogens is 2. The second-order valence-corrected chi connectivity index (χ2v) is 11.6. The van der Waals surface area contributed by atoms with Crippen LogP contribution < -0.4 is 10.2 Å². The van der Waals surface area contributed by atoms with Gasteiger partial charge < -0.3 is 19.9 Å². The number of anilines is 2. The van der Waals surface area contributed by atoms with Crippen molar-refractivity contribution in [3.8, 4) is 11.3 Å². The number of piperidine rings is 1. The predicted octanol–water partition coefficient (Wildman–Crippen LogP) is 2.74. The number of aliphatic hydroxyl groups excluding tert-OH is 1. The van der Waals surface area contributed by atoms with Crippen LogP contribution in [0.25, 0.3) is 22.3 Å². The number of rotatable bonds is 6. The summed E-state index contributed by atoms with van der Waals surface area (Å²) in [6, 6.07) is 2.72. The summed E-state index contributed by atoms with van der Waals surface area (Å²) in [7, 11) is 0.320. The lowest BCUT2D eigenvalue weighted by Crippen LogP contribution is -2.51. The number of aromatic nitrogens is 4. The Kier molecular flexibility index (Phi) is 6.93. The fourth-order valence-electron chi connectivity index (χ4n) is 4.28. The molecule has 190 valence electrons. The zero-order chi connectivity index (χ0) is 25.7. The summed E-state index contributed by atoms with van der Waals surface area (Å²) in [4.78, 5) is 15.0. The molecule has 10 nitrogen and oxygen atoms in total. The maximum absolute atomic E-state index is 15.2. The molecule has 0 saturated carbocycles. The maximum atomic E-state index is 15.2.